The molecule has 0 saturated carbocycles. The molecule has 5 aromatic rings. The van der Waals surface area contributed by atoms with Gasteiger partial charge >= 0.3 is 0 Å². The van der Waals surface area contributed by atoms with E-state index in [1.54, 1.807) is 12.4 Å². The largest absolute Gasteiger partial charge is 0.457 e. The van der Waals surface area contributed by atoms with E-state index in [2.05, 4.69) is 20.3 Å². The number of aromatic nitrogens is 3. The summed E-state index contributed by atoms with van der Waals surface area (Å²) in [5.74, 6) is 2.35. The lowest BCUT2D eigenvalue weighted by atomic mass is 10.1. The van der Waals surface area contributed by atoms with Crippen molar-refractivity contribution in [3.63, 3.8) is 0 Å². The highest BCUT2D eigenvalue weighted by molar-refractivity contribution is 5.84. The summed E-state index contributed by atoms with van der Waals surface area (Å²) in [6.45, 7) is 0. The Labute approximate surface area is 179 Å². The van der Waals surface area contributed by atoms with Crippen molar-refractivity contribution < 1.29 is 4.74 Å². The van der Waals surface area contributed by atoms with Crippen LogP contribution in [0.4, 0.5) is 17.5 Å². The van der Waals surface area contributed by atoms with Crippen LogP contribution in [0.5, 0.6) is 11.5 Å². The van der Waals surface area contributed by atoms with Crippen molar-refractivity contribution in [3.8, 4) is 22.6 Å². The molecule has 2 heterocycles. The number of nitrogens with zero attached hydrogens (tertiary/aromatic N) is 3. The molecular weight excluding hydrogens is 386 g/mol. The molecule has 0 bridgehead atoms. The van der Waals surface area contributed by atoms with Crippen LogP contribution in [0, 0.1) is 0 Å². The fourth-order valence-corrected chi connectivity index (χ4v) is 3.31. The molecule has 0 aliphatic rings. The molecule has 2 aromatic heterocycles. The molecule has 6 heteroatoms. The molecule has 0 saturated heterocycles. The average molecular weight is 405 g/mol. The molecule has 0 radical (unpaired) electrons. The van der Waals surface area contributed by atoms with Crippen LogP contribution in [0.1, 0.15) is 0 Å². The number of rotatable bonds is 5. The van der Waals surface area contributed by atoms with Crippen molar-refractivity contribution in [2.75, 3.05) is 11.1 Å². The molecule has 3 N–H and O–H groups in total. The second-order valence-corrected chi connectivity index (χ2v) is 6.97. The number of nitrogen functional groups attached to an aromatic ring is 1. The normalized spacial score (nSPS) is 10.7. The Bertz CT molecular complexity index is 1340. The van der Waals surface area contributed by atoms with E-state index < -0.39 is 0 Å². The topological polar surface area (TPSA) is 86.0 Å². The number of pyridine rings is 1. The summed E-state index contributed by atoms with van der Waals surface area (Å²) in [6.07, 6.45) is 3.49. The van der Waals surface area contributed by atoms with Gasteiger partial charge in [0.1, 0.15) is 17.3 Å². The van der Waals surface area contributed by atoms with Crippen LogP contribution >= 0.6 is 0 Å². The monoisotopic (exact) mass is 405 g/mol. The summed E-state index contributed by atoms with van der Waals surface area (Å²) >= 11 is 0. The van der Waals surface area contributed by atoms with Gasteiger partial charge in [-0.15, -0.1) is 0 Å². The second kappa shape index (κ2) is 8.12. The number of nitrogens with one attached hydrogen (secondary N) is 1. The van der Waals surface area contributed by atoms with Gasteiger partial charge in [-0.05, 0) is 42.0 Å². The molecule has 0 spiro atoms. The van der Waals surface area contributed by atoms with Crippen molar-refractivity contribution in [3.05, 3.63) is 97.3 Å². The zero-order chi connectivity index (χ0) is 21.0. The van der Waals surface area contributed by atoms with Crippen LogP contribution in [0.25, 0.3) is 22.0 Å². The smallest absolute Gasteiger partial charge is 0.221 e. The van der Waals surface area contributed by atoms with Gasteiger partial charge in [0.2, 0.25) is 5.95 Å². The third-order valence-electron chi connectivity index (χ3n) is 4.80. The molecule has 3 aromatic carbocycles. The van der Waals surface area contributed by atoms with E-state index in [0.717, 1.165) is 39.2 Å². The Morgan fingerprint density at radius 1 is 0.742 bits per heavy atom. The quantitative estimate of drug-likeness (QED) is 0.384. The molecule has 0 aliphatic carbocycles. The summed E-state index contributed by atoms with van der Waals surface area (Å²) in [5.41, 5.74) is 9.39. The summed E-state index contributed by atoms with van der Waals surface area (Å²) < 4.78 is 5.88. The number of fused-ring (bicyclic) bond motifs is 1. The van der Waals surface area contributed by atoms with Crippen LogP contribution in [-0.4, -0.2) is 15.0 Å². The highest BCUT2D eigenvalue weighted by Crippen LogP contribution is 2.31. The minimum Gasteiger partial charge on any atom is -0.457 e. The van der Waals surface area contributed by atoms with Gasteiger partial charge in [0.25, 0.3) is 0 Å². The maximum atomic E-state index is 5.88. The standard InChI is InChI=1S/C25H19N5O/c26-25-28-16-22(17-10-12-21(13-11-17)31-20-7-2-1-3-8-20)24(30-25)29-19-14-18-6-4-5-9-23(18)27-15-19/h1-16H,(H3,26,28,29,30). The summed E-state index contributed by atoms with van der Waals surface area (Å²) in [6, 6.07) is 27.4. The molecule has 6 nitrogen and oxygen atoms in total. The lowest BCUT2D eigenvalue weighted by molar-refractivity contribution is 0.483. The highest BCUT2D eigenvalue weighted by atomic mass is 16.5. The zero-order valence-electron chi connectivity index (χ0n) is 16.6. The van der Waals surface area contributed by atoms with E-state index in [1.165, 1.54) is 0 Å². The predicted octanol–water partition coefficient (Wildman–Crippen LogP) is 5.81. The van der Waals surface area contributed by atoms with Crippen LogP contribution in [0.3, 0.4) is 0 Å². The molecule has 0 fully saturated rings. The van der Waals surface area contributed by atoms with E-state index in [9.17, 15) is 0 Å². The summed E-state index contributed by atoms with van der Waals surface area (Å²) in [7, 11) is 0. The van der Waals surface area contributed by atoms with E-state index in [4.69, 9.17) is 10.5 Å². The van der Waals surface area contributed by atoms with Crippen molar-refractivity contribution in [1.29, 1.82) is 0 Å². The molecule has 5 rings (SSSR count). The average Bonchev–Trinajstić information content (AvgIpc) is 2.81. The van der Waals surface area contributed by atoms with Gasteiger partial charge in [-0.2, -0.15) is 4.98 Å². The fourth-order valence-electron chi connectivity index (χ4n) is 3.31. The van der Waals surface area contributed by atoms with Gasteiger partial charge in [-0.1, -0.05) is 48.5 Å². The van der Waals surface area contributed by atoms with E-state index in [1.807, 2.05) is 84.9 Å². The zero-order valence-corrected chi connectivity index (χ0v) is 16.6. The van der Waals surface area contributed by atoms with Crippen LogP contribution in [-0.2, 0) is 0 Å². The maximum absolute atomic E-state index is 5.88. The molecule has 0 amide bonds. The number of nitrogens with two attached hydrogens (primary N) is 1. The minimum atomic E-state index is 0.198. The third-order valence-corrected chi connectivity index (χ3v) is 4.80. The first-order valence-electron chi connectivity index (χ1n) is 9.82. The van der Waals surface area contributed by atoms with E-state index in [0.29, 0.717) is 5.82 Å². The van der Waals surface area contributed by atoms with Gasteiger partial charge < -0.3 is 15.8 Å². The Morgan fingerprint density at radius 3 is 2.32 bits per heavy atom. The summed E-state index contributed by atoms with van der Waals surface area (Å²) in [5, 5.41) is 4.37. The Morgan fingerprint density at radius 2 is 1.48 bits per heavy atom. The third kappa shape index (κ3) is 4.13. The highest BCUT2D eigenvalue weighted by Gasteiger charge is 2.10. The first-order valence-corrected chi connectivity index (χ1v) is 9.82. The Balaban J connectivity index is 1.44. The number of para-hydroxylation sites is 2. The van der Waals surface area contributed by atoms with E-state index in [-0.39, 0.29) is 5.95 Å². The Kier molecular flexibility index (Phi) is 4.86. The Hall–Kier alpha value is -4.45. The SMILES string of the molecule is Nc1ncc(-c2ccc(Oc3ccccc3)cc2)c(Nc2cnc3ccccc3c2)n1. The maximum Gasteiger partial charge on any atom is 0.221 e. The molecular formula is C25H19N5O. The van der Waals surface area contributed by atoms with Gasteiger partial charge in [0.05, 0.1) is 17.4 Å². The molecule has 150 valence electrons. The van der Waals surface area contributed by atoms with Crippen molar-refractivity contribution in [1.82, 2.24) is 15.0 Å². The van der Waals surface area contributed by atoms with Crippen molar-refractivity contribution in [2.45, 2.75) is 0 Å². The van der Waals surface area contributed by atoms with Gasteiger partial charge in [-0.3, -0.25) is 4.98 Å². The number of benzene rings is 3. The molecule has 0 aliphatic heterocycles. The first kappa shape index (κ1) is 18.6. The minimum absolute atomic E-state index is 0.198. The van der Waals surface area contributed by atoms with Gasteiger partial charge in [-0.25, -0.2) is 4.98 Å². The van der Waals surface area contributed by atoms with E-state index >= 15 is 0 Å². The molecule has 0 atom stereocenters. The van der Waals surface area contributed by atoms with Crippen LogP contribution in [0.15, 0.2) is 97.3 Å². The van der Waals surface area contributed by atoms with Gasteiger partial charge in [0, 0.05) is 17.1 Å². The van der Waals surface area contributed by atoms with Crippen molar-refractivity contribution >= 4 is 28.4 Å². The van der Waals surface area contributed by atoms with Crippen LogP contribution in [0.2, 0.25) is 0 Å². The number of anilines is 3. The molecule has 31 heavy (non-hydrogen) atoms. The summed E-state index contributed by atoms with van der Waals surface area (Å²) in [4.78, 5) is 13.1. The fraction of sp³-hybridized carbons (Fsp3) is 0. The molecule has 0 unspecified atom stereocenters. The lowest BCUT2D eigenvalue weighted by Crippen LogP contribution is -2.02. The lowest BCUT2D eigenvalue weighted by Gasteiger charge is -2.12. The van der Waals surface area contributed by atoms with Crippen LogP contribution < -0.4 is 15.8 Å². The first-order chi connectivity index (χ1) is 15.2. The number of hydrogen-bond acceptors (Lipinski definition) is 6. The number of ether oxygens (including phenoxy) is 1. The number of hydrogen-bond donors (Lipinski definition) is 2. The van der Waals surface area contributed by atoms with Gasteiger partial charge in [0.15, 0.2) is 0 Å². The second-order valence-electron chi connectivity index (χ2n) is 6.97. The predicted molar refractivity (Wildman–Crippen MR) is 123 cm³/mol. The van der Waals surface area contributed by atoms with Crippen molar-refractivity contribution in [2.24, 2.45) is 0 Å².